The molecule has 28 heavy (non-hydrogen) atoms. The largest absolute Gasteiger partial charge is 0.465 e. The molecule has 9 heteroatoms. The summed E-state index contributed by atoms with van der Waals surface area (Å²) in [5, 5.41) is 10.4. The molecule has 0 aliphatic heterocycles. The number of carbonyl (C=O) groups excluding carboxylic acids is 2. The van der Waals surface area contributed by atoms with Gasteiger partial charge in [-0.05, 0) is 13.8 Å². The van der Waals surface area contributed by atoms with Crippen LogP contribution in [0.25, 0.3) is 11.3 Å². The van der Waals surface area contributed by atoms with Crippen LogP contribution in [0.15, 0.2) is 40.5 Å². The van der Waals surface area contributed by atoms with Crippen LogP contribution in [0.5, 0.6) is 0 Å². The first-order valence-corrected chi connectivity index (χ1v) is 10.5. The molecule has 0 aliphatic rings. The summed E-state index contributed by atoms with van der Waals surface area (Å²) in [6.45, 7) is 4.04. The molecule has 0 atom stereocenters. The number of thioether (sulfide) groups is 2. The lowest BCUT2D eigenvalue weighted by atomic mass is 10.1. The van der Waals surface area contributed by atoms with Crippen LogP contribution in [0, 0.1) is 11.3 Å². The smallest absolute Gasteiger partial charge is 0.316 e. The highest BCUT2D eigenvalue weighted by molar-refractivity contribution is 8.00. The van der Waals surface area contributed by atoms with Gasteiger partial charge in [-0.15, -0.1) is 0 Å². The molecule has 7 nitrogen and oxygen atoms in total. The van der Waals surface area contributed by atoms with Gasteiger partial charge in [0.05, 0.1) is 30.4 Å². The average Bonchev–Trinajstić information content (AvgIpc) is 2.71. The molecule has 1 heterocycles. The van der Waals surface area contributed by atoms with Gasteiger partial charge in [0.25, 0.3) is 0 Å². The van der Waals surface area contributed by atoms with Crippen molar-refractivity contribution in [1.29, 1.82) is 5.26 Å². The average molecular weight is 418 g/mol. The second kappa shape index (κ2) is 11.3. The normalized spacial score (nSPS) is 10.2. The van der Waals surface area contributed by atoms with Crippen molar-refractivity contribution in [2.24, 2.45) is 0 Å². The molecule has 2 rings (SSSR count). The molecule has 0 saturated carbocycles. The Bertz CT molecular complexity index is 869. The number of ether oxygens (including phenoxy) is 2. The van der Waals surface area contributed by atoms with Gasteiger partial charge in [-0.25, -0.2) is 9.97 Å². The minimum atomic E-state index is -0.392. The first-order valence-electron chi connectivity index (χ1n) is 8.53. The van der Waals surface area contributed by atoms with Gasteiger partial charge < -0.3 is 9.47 Å². The fourth-order valence-corrected chi connectivity index (χ4v) is 3.63. The zero-order chi connectivity index (χ0) is 20.4. The Kier molecular flexibility index (Phi) is 8.78. The van der Waals surface area contributed by atoms with E-state index in [0.717, 1.165) is 29.1 Å². The van der Waals surface area contributed by atoms with Gasteiger partial charge in [0.1, 0.15) is 16.7 Å². The highest BCUT2D eigenvalue weighted by atomic mass is 32.2. The summed E-state index contributed by atoms with van der Waals surface area (Å²) in [5.41, 5.74) is 1.48. The Labute approximate surface area is 171 Å². The lowest BCUT2D eigenvalue weighted by molar-refractivity contribution is -0.140. The van der Waals surface area contributed by atoms with E-state index in [1.54, 1.807) is 13.8 Å². The maximum absolute atomic E-state index is 11.7. The zero-order valence-electron chi connectivity index (χ0n) is 15.5. The topological polar surface area (TPSA) is 102 Å². The van der Waals surface area contributed by atoms with E-state index in [4.69, 9.17) is 9.47 Å². The molecule has 0 unspecified atom stereocenters. The zero-order valence-corrected chi connectivity index (χ0v) is 17.1. The number of aromatic nitrogens is 2. The van der Waals surface area contributed by atoms with Crippen LogP contribution >= 0.6 is 23.5 Å². The third-order valence-electron chi connectivity index (χ3n) is 3.27. The van der Waals surface area contributed by atoms with Gasteiger partial charge in [-0.1, -0.05) is 53.9 Å². The van der Waals surface area contributed by atoms with Crippen LogP contribution in [0.3, 0.4) is 0 Å². The van der Waals surface area contributed by atoms with Crippen molar-refractivity contribution < 1.29 is 19.1 Å². The van der Waals surface area contributed by atoms with Crippen molar-refractivity contribution in [3.05, 3.63) is 35.9 Å². The predicted octanol–water partition coefficient (Wildman–Crippen LogP) is 3.33. The van der Waals surface area contributed by atoms with Crippen LogP contribution in [-0.4, -0.2) is 46.6 Å². The van der Waals surface area contributed by atoms with Crippen molar-refractivity contribution in [3.63, 3.8) is 0 Å². The SMILES string of the molecule is CCOC(=O)CSc1nc(SCC(=O)OCC)c(C#N)c(-c2ccccc2)n1. The number of esters is 2. The monoisotopic (exact) mass is 417 g/mol. The third kappa shape index (κ3) is 6.25. The maximum atomic E-state index is 11.7. The van der Waals surface area contributed by atoms with Gasteiger partial charge in [0.15, 0.2) is 5.16 Å². The van der Waals surface area contributed by atoms with Crippen molar-refractivity contribution in [1.82, 2.24) is 9.97 Å². The second-order valence-corrected chi connectivity index (χ2v) is 7.11. The van der Waals surface area contributed by atoms with E-state index in [2.05, 4.69) is 16.0 Å². The minimum Gasteiger partial charge on any atom is -0.465 e. The highest BCUT2D eigenvalue weighted by Gasteiger charge is 2.18. The van der Waals surface area contributed by atoms with Crippen LogP contribution in [-0.2, 0) is 19.1 Å². The number of carbonyl (C=O) groups is 2. The van der Waals surface area contributed by atoms with Crippen molar-refractivity contribution in [2.45, 2.75) is 24.0 Å². The lowest BCUT2D eigenvalue weighted by Crippen LogP contribution is -2.09. The molecule has 0 radical (unpaired) electrons. The molecule has 0 amide bonds. The molecule has 0 N–H and O–H groups in total. The quantitative estimate of drug-likeness (QED) is 0.263. The van der Waals surface area contributed by atoms with Crippen molar-refractivity contribution >= 4 is 35.5 Å². The van der Waals surface area contributed by atoms with Gasteiger partial charge in [-0.3, -0.25) is 9.59 Å². The third-order valence-corrected chi connectivity index (χ3v) is 5.04. The highest BCUT2D eigenvalue weighted by Crippen LogP contribution is 2.31. The maximum Gasteiger partial charge on any atom is 0.316 e. The van der Waals surface area contributed by atoms with Crippen LogP contribution in [0.1, 0.15) is 19.4 Å². The van der Waals surface area contributed by atoms with Crippen molar-refractivity contribution in [3.8, 4) is 17.3 Å². The van der Waals surface area contributed by atoms with Gasteiger partial charge in [0.2, 0.25) is 0 Å². The summed E-state index contributed by atoms with van der Waals surface area (Å²) < 4.78 is 9.86. The van der Waals surface area contributed by atoms with Crippen LogP contribution < -0.4 is 0 Å². The Morgan fingerprint density at radius 3 is 2.18 bits per heavy atom. The number of nitrogens with zero attached hydrogens (tertiary/aromatic N) is 3. The van der Waals surface area contributed by atoms with E-state index in [1.807, 2.05) is 30.3 Å². The number of hydrogen-bond donors (Lipinski definition) is 0. The molecular weight excluding hydrogens is 398 g/mol. The van der Waals surface area contributed by atoms with E-state index in [0.29, 0.717) is 22.5 Å². The number of rotatable bonds is 9. The Hall–Kier alpha value is -2.57. The van der Waals surface area contributed by atoms with Crippen LogP contribution in [0.2, 0.25) is 0 Å². The molecule has 2 aromatic rings. The standard InChI is InChI=1S/C19H19N3O4S2/c1-3-25-15(23)11-27-18-14(10-20)17(13-8-6-5-7-9-13)21-19(22-18)28-12-16(24)26-4-2/h5-9H,3-4,11-12H2,1-2H3. The van der Waals surface area contributed by atoms with E-state index in [1.165, 1.54) is 0 Å². The summed E-state index contributed by atoms with van der Waals surface area (Å²) in [7, 11) is 0. The Morgan fingerprint density at radius 1 is 1.00 bits per heavy atom. The van der Waals surface area contributed by atoms with E-state index < -0.39 is 5.97 Å². The fraction of sp³-hybridized carbons (Fsp3) is 0.316. The molecule has 0 spiro atoms. The second-order valence-electron chi connectivity index (χ2n) is 5.20. The number of benzene rings is 1. The summed E-state index contributed by atoms with van der Waals surface area (Å²) in [5.74, 6) is -0.689. The molecule has 0 fully saturated rings. The first-order chi connectivity index (χ1) is 13.6. The molecule has 0 aliphatic carbocycles. The Balaban J connectivity index is 2.37. The predicted molar refractivity (Wildman–Crippen MR) is 107 cm³/mol. The van der Waals surface area contributed by atoms with Crippen molar-refractivity contribution in [2.75, 3.05) is 24.7 Å². The molecule has 1 aromatic heterocycles. The Morgan fingerprint density at radius 2 is 1.61 bits per heavy atom. The van der Waals surface area contributed by atoms with Crippen LogP contribution in [0.4, 0.5) is 0 Å². The summed E-state index contributed by atoms with van der Waals surface area (Å²) in [4.78, 5) is 32.2. The lowest BCUT2D eigenvalue weighted by Gasteiger charge is -2.11. The number of hydrogen-bond acceptors (Lipinski definition) is 9. The minimum absolute atomic E-state index is 0.0236. The van der Waals surface area contributed by atoms with E-state index >= 15 is 0 Å². The van der Waals surface area contributed by atoms with Gasteiger partial charge >= 0.3 is 11.9 Å². The summed E-state index contributed by atoms with van der Waals surface area (Å²) in [6.07, 6.45) is 0. The van der Waals surface area contributed by atoms with E-state index in [-0.39, 0.29) is 29.6 Å². The molecule has 1 aromatic carbocycles. The first kappa shape index (κ1) is 21.7. The molecule has 0 bridgehead atoms. The summed E-state index contributed by atoms with van der Waals surface area (Å²) >= 11 is 2.23. The molecule has 146 valence electrons. The van der Waals surface area contributed by atoms with E-state index in [9.17, 15) is 14.9 Å². The number of nitriles is 1. The van der Waals surface area contributed by atoms with Gasteiger partial charge in [-0.2, -0.15) is 5.26 Å². The summed E-state index contributed by atoms with van der Waals surface area (Å²) in [6, 6.07) is 11.4. The molecular formula is C19H19N3O4S2. The molecule has 0 saturated heterocycles. The van der Waals surface area contributed by atoms with Gasteiger partial charge in [0, 0.05) is 5.56 Å². The fourth-order valence-electron chi connectivity index (χ4n) is 2.15.